The quantitative estimate of drug-likeness (QED) is 0.739. The van der Waals surface area contributed by atoms with Crippen LogP contribution in [0.3, 0.4) is 0 Å². The van der Waals surface area contributed by atoms with Crippen molar-refractivity contribution in [1.82, 2.24) is 9.55 Å². The molecule has 0 aliphatic carbocycles. The van der Waals surface area contributed by atoms with Crippen molar-refractivity contribution in [2.45, 2.75) is 6.54 Å². The molecule has 0 radical (unpaired) electrons. The van der Waals surface area contributed by atoms with Crippen LogP contribution < -0.4 is 17.0 Å². The average Bonchev–Trinajstić information content (AvgIpc) is 2.14. The zero-order valence-corrected chi connectivity index (χ0v) is 8.95. The highest BCUT2D eigenvalue weighted by Crippen LogP contribution is 1.97. The number of rotatable bonds is 3. The molecule has 0 aliphatic heterocycles. The molecule has 6 heteroatoms. The number of hydrogen-bond acceptors (Lipinski definition) is 3. The van der Waals surface area contributed by atoms with Gasteiger partial charge in [-0.1, -0.05) is 12.2 Å². The third-order valence-corrected chi connectivity index (χ3v) is 2.14. The van der Waals surface area contributed by atoms with Crippen molar-refractivity contribution in [3.63, 3.8) is 0 Å². The molecule has 0 amide bonds. The fourth-order valence-electron chi connectivity index (χ4n) is 0.903. The van der Waals surface area contributed by atoms with Crippen molar-refractivity contribution in [3.8, 4) is 0 Å². The van der Waals surface area contributed by atoms with E-state index in [4.69, 9.17) is 5.73 Å². The summed E-state index contributed by atoms with van der Waals surface area (Å²) in [6, 6.07) is 0. The van der Waals surface area contributed by atoms with E-state index < -0.39 is 11.2 Å². The van der Waals surface area contributed by atoms with Crippen molar-refractivity contribution in [3.05, 3.63) is 43.7 Å². The van der Waals surface area contributed by atoms with Gasteiger partial charge in [0.05, 0.1) is 4.47 Å². The summed E-state index contributed by atoms with van der Waals surface area (Å²) in [6.45, 7) is 0.824. The smallest absolute Gasteiger partial charge is 0.327 e. The predicted octanol–water partition coefficient (Wildman–Crippen LogP) is -0.186. The Bertz CT molecular complexity index is 447. The van der Waals surface area contributed by atoms with Crippen LogP contribution in [0.15, 0.2) is 32.4 Å². The fourth-order valence-corrected chi connectivity index (χ4v) is 1.25. The number of allylic oxidation sites excluding steroid dienone is 1. The highest BCUT2D eigenvalue weighted by molar-refractivity contribution is 9.10. The third kappa shape index (κ3) is 2.68. The maximum Gasteiger partial charge on any atom is 0.328 e. The molecule has 14 heavy (non-hydrogen) atoms. The molecule has 0 saturated carbocycles. The van der Waals surface area contributed by atoms with Gasteiger partial charge in [-0.15, -0.1) is 0 Å². The molecule has 0 fully saturated rings. The number of nitrogens with two attached hydrogens (primary N) is 1. The lowest BCUT2D eigenvalue weighted by Gasteiger charge is -2.00. The first-order valence-electron chi connectivity index (χ1n) is 3.99. The van der Waals surface area contributed by atoms with Gasteiger partial charge in [0.15, 0.2) is 0 Å². The summed E-state index contributed by atoms with van der Waals surface area (Å²) in [5.41, 5.74) is 4.39. The van der Waals surface area contributed by atoms with Crippen molar-refractivity contribution in [2.24, 2.45) is 5.73 Å². The molecule has 76 valence electrons. The minimum absolute atomic E-state index is 0.332. The zero-order valence-electron chi connectivity index (χ0n) is 7.37. The van der Waals surface area contributed by atoms with E-state index in [0.29, 0.717) is 17.6 Å². The lowest BCUT2D eigenvalue weighted by atomic mass is 10.5. The zero-order chi connectivity index (χ0) is 10.6. The van der Waals surface area contributed by atoms with Gasteiger partial charge >= 0.3 is 5.69 Å². The first-order chi connectivity index (χ1) is 6.65. The minimum atomic E-state index is -0.431. The number of aromatic nitrogens is 2. The molecule has 0 saturated heterocycles. The second-order valence-electron chi connectivity index (χ2n) is 2.60. The van der Waals surface area contributed by atoms with Crippen LogP contribution in [0.5, 0.6) is 0 Å². The Hall–Kier alpha value is -1.14. The van der Waals surface area contributed by atoms with Crippen LogP contribution in [0.4, 0.5) is 0 Å². The van der Waals surface area contributed by atoms with E-state index in [0.717, 1.165) is 0 Å². The maximum atomic E-state index is 11.2. The standard InChI is InChI=1S/C8H10BrN3O2/c9-6-5-12(4-2-1-3-10)8(14)11-7(6)13/h1-2,5H,3-4,10H2,(H,11,13,14). The lowest BCUT2D eigenvalue weighted by molar-refractivity contribution is 0.730. The van der Waals surface area contributed by atoms with Crippen molar-refractivity contribution >= 4 is 15.9 Å². The van der Waals surface area contributed by atoms with Gasteiger partial charge < -0.3 is 5.73 Å². The Morgan fingerprint density at radius 3 is 2.86 bits per heavy atom. The van der Waals surface area contributed by atoms with Gasteiger partial charge in [0.1, 0.15) is 0 Å². The molecule has 0 bridgehead atoms. The predicted molar refractivity (Wildman–Crippen MR) is 57.2 cm³/mol. The molecule has 0 atom stereocenters. The number of hydrogen-bond donors (Lipinski definition) is 2. The summed E-state index contributed by atoms with van der Waals surface area (Å²) in [6.07, 6.45) is 4.94. The second kappa shape index (κ2) is 4.92. The number of nitrogens with one attached hydrogen (secondary N) is 1. The summed E-state index contributed by atoms with van der Waals surface area (Å²) in [5, 5.41) is 0. The molecule has 0 aliphatic rings. The number of halogens is 1. The highest BCUT2D eigenvalue weighted by atomic mass is 79.9. The molecule has 1 aromatic rings. The molecule has 1 heterocycles. The van der Waals surface area contributed by atoms with E-state index in [1.165, 1.54) is 10.8 Å². The first kappa shape index (κ1) is 10.9. The van der Waals surface area contributed by atoms with Gasteiger partial charge in [-0.25, -0.2) is 4.79 Å². The number of H-pyrrole nitrogens is 1. The fraction of sp³-hybridized carbons (Fsp3) is 0.250. The van der Waals surface area contributed by atoms with Gasteiger partial charge in [0.2, 0.25) is 0 Å². The van der Waals surface area contributed by atoms with Gasteiger partial charge in [-0.2, -0.15) is 0 Å². The van der Waals surface area contributed by atoms with Gasteiger partial charge in [0.25, 0.3) is 5.56 Å². The molecule has 0 unspecified atom stereocenters. The van der Waals surface area contributed by atoms with E-state index in [1.54, 1.807) is 12.2 Å². The number of nitrogens with zero attached hydrogens (tertiary/aromatic N) is 1. The molecular formula is C8H10BrN3O2. The molecule has 0 spiro atoms. The summed E-state index contributed by atoms with van der Waals surface area (Å²) in [5.74, 6) is 0. The van der Waals surface area contributed by atoms with Crippen LogP contribution in [-0.4, -0.2) is 16.1 Å². The van der Waals surface area contributed by atoms with E-state index in [9.17, 15) is 9.59 Å². The average molecular weight is 260 g/mol. The van der Waals surface area contributed by atoms with E-state index in [1.807, 2.05) is 0 Å². The van der Waals surface area contributed by atoms with Crippen LogP contribution >= 0.6 is 15.9 Å². The van der Waals surface area contributed by atoms with Crippen molar-refractivity contribution in [1.29, 1.82) is 0 Å². The van der Waals surface area contributed by atoms with E-state index >= 15 is 0 Å². The highest BCUT2D eigenvalue weighted by Gasteiger charge is 1.99. The largest absolute Gasteiger partial charge is 0.328 e. The van der Waals surface area contributed by atoms with Gasteiger partial charge in [-0.3, -0.25) is 14.3 Å². The van der Waals surface area contributed by atoms with Gasteiger partial charge in [0, 0.05) is 19.3 Å². The molecule has 0 aromatic carbocycles. The first-order valence-corrected chi connectivity index (χ1v) is 4.79. The van der Waals surface area contributed by atoms with Crippen LogP contribution in [0, 0.1) is 0 Å². The molecule has 3 N–H and O–H groups in total. The number of aromatic amines is 1. The Kier molecular flexibility index (Phi) is 3.84. The lowest BCUT2D eigenvalue weighted by Crippen LogP contribution is -2.29. The molecule has 1 aromatic heterocycles. The SMILES string of the molecule is NCC=CCn1cc(Br)c(=O)[nH]c1=O. The topological polar surface area (TPSA) is 80.9 Å². The maximum absolute atomic E-state index is 11.2. The molecular weight excluding hydrogens is 250 g/mol. The summed E-state index contributed by atoms with van der Waals surface area (Å²) >= 11 is 3.04. The second-order valence-corrected chi connectivity index (χ2v) is 3.45. The van der Waals surface area contributed by atoms with Crippen LogP contribution in [0.25, 0.3) is 0 Å². The Balaban J connectivity index is 2.99. The van der Waals surface area contributed by atoms with E-state index in [2.05, 4.69) is 20.9 Å². The summed E-state index contributed by atoms with van der Waals surface area (Å²) in [7, 11) is 0. The molecule has 1 rings (SSSR count). The van der Waals surface area contributed by atoms with Gasteiger partial charge in [-0.05, 0) is 15.9 Å². The van der Waals surface area contributed by atoms with Crippen LogP contribution in [0.2, 0.25) is 0 Å². The van der Waals surface area contributed by atoms with E-state index in [-0.39, 0.29) is 0 Å². The Morgan fingerprint density at radius 2 is 2.21 bits per heavy atom. The third-order valence-electron chi connectivity index (χ3n) is 1.57. The van der Waals surface area contributed by atoms with Crippen LogP contribution in [-0.2, 0) is 6.54 Å². The molecule has 5 nitrogen and oxygen atoms in total. The van der Waals surface area contributed by atoms with Crippen molar-refractivity contribution < 1.29 is 0 Å². The van der Waals surface area contributed by atoms with Crippen molar-refractivity contribution in [2.75, 3.05) is 6.54 Å². The Labute approximate surface area is 88.4 Å². The summed E-state index contributed by atoms with van der Waals surface area (Å²) < 4.78 is 1.70. The monoisotopic (exact) mass is 259 g/mol. The normalized spacial score (nSPS) is 11.0. The Morgan fingerprint density at radius 1 is 1.50 bits per heavy atom. The summed E-state index contributed by atoms with van der Waals surface area (Å²) in [4.78, 5) is 24.3. The minimum Gasteiger partial charge on any atom is -0.327 e. The van der Waals surface area contributed by atoms with Crippen LogP contribution in [0.1, 0.15) is 0 Å².